The summed E-state index contributed by atoms with van der Waals surface area (Å²) in [7, 11) is 3.22. The number of anilines is 1. The molecule has 0 saturated heterocycles. The van der Waals surface area contributed by atoms with Gasteiger partial charge in [0.2, 0.25) is 0 Å². The molecule has 22 heavy (non-hydrogen) atoms. The van der Waals surface area contributed by atoms with Gasteiger partial charge in [0.1, 0.15) is 11.5 Å². The molecule has 0 saturated carbocycles. The molecular weight excluding hydrogens is 278 g/mol. The molecule has 116 valence electrons. The number of aryl methyl sites for hydroxylation is 1. The molecule has 2 rings (SSSR count). The van der Waals surface area contributed by atoms with Crippen molar-refractivity contribution in [2.45, 2.75) is 13.5 Å². The smallest absolute Gasteiger partial charge is 0.193 e. The number of hydrogen-bond donors (Lipinski definition) is 2. The van der Waals surface area contributed by atoms with Crippen LogP contribution in [-0.4, -0.2) is 20.2 Å². The predicted molar refractivity (Wildman–Crippen MR) is 89.7 cm³/mol. The molecule has 0 atom stereocenters. The van der Waals surface area contributed by atoms with Crippen molar-refractivity contribution < 1.29 is 9.47 Å². The van der Waals surface area contributed by atoms with Crippen LogP contribution in [0.3, 0.4) is 0 Å². The zero-order valence-corrected chi connectivity index (χ0v) is 13.1. The zero-order chi connectivity index (χ0) is 15.9. The van der Waals surface area contributed by atoms with Crippen molar-refractivity contribution in [1.29, 1.82) is 0 Å². The minimum atomic E-state index is 0.327. The van der Waals surface area contributed by atoms with Gasteiger partial charge in [0.15, 0.2) is 5.96 Å². The zero-order valence-electron chi connectivity index (χ0n) is 13.1. The molecule has 0 amide bonds. The molecule has 0 fully saturated rings. The van der Waals surface area contributed by atoms with E-state index in [1.807, 2.05) is 30.3 Å². The van der Waals surface area contributed by atoms with Crippen LogP contribution in [0, 0.1) is 6.92 Å². The number of nitrogens with zero attached hydrogens (tertiary/aromatic N) is 1. The molecule has 0 unspecified atom stereocenters. The molecule has 0 aliphatic carbocycles. The van der Waals surface area contributed by atoms with Gasteiger partial charge in [-0.15, -0.1) is 0 Å². The molecule has 0 aliphatic rings. The second kappa shape index (κ2) is 7.36. The Hall–Kier alpha value is -2.69. The Morgan fingerprint density at radius 3 is 2.64 bits per heavy atom. The summed E-state index contributed by atoms with van der Waals surface area (Å²) < 4.78 is 10.5. The van der Waals surface area contributed by atoms with Crippen molar-refractivity contribution in [2.75, 3.05) is 19.5 Å². The van der Waals surface area contributed by atoms with Gasteiger partial charge in [-0.3, -0.25) is 0 Å². The van der Waals surface area contributed by atoms with E-state index in [0.29, 0.717) is 23.9 Å². The average Bonchev–Trinajstić information content (AvgIpc) is 2.53. The predicted octanol–water partition coefficient (Wildman–Crippen LogP) is 2.94. The van der Waals surface area contributed by atoms with E-state index in [4.69, 9.17) is 15.2 Å². The number of aliphatic imine (C=N–C) groups is 1. The van der Waals surface area contributed by atoms with E-state index in [1.54, 1.807) is 14.2 Å². The van der Waals surface area contributed by atoms with Crippen molar-refractivity contribution in [1.82, 2.24) is 0 Å². The van der Waals surface area contributed by atoms with E-state index in [-0.39, 0.29) is 0 Å². The van der Waals surface area contributed by atoms with Crippen LogP contribution in [0.15, 0.2) is 47.5 Å². The normalized spacial score (nSPS) is 11.1. The third kappa shape index (κ3) is 4.15. The third-order valence-electron chi connectivity index (χ3n) is 3.18. The Morgan fingerprint density at radius 1 is 1.14 bits per heavy atom. The average molecular weight is 299 g/mol. The number of rotatable bonds is 5. The molecule has 3 N–H and O–H groups in total. The van der Waals surface area contributed by atoms with Crippen molar-refractivity contribution in [3.8, 4) is 11.5 Å². The summed E-state index contributed by atoms with van der Waals surface area (Å²) >= 11 is 0. The maximum atomic E-state index is 5.95. The monoisotopic (exact) mass is 299 g/mol. The van der Waals surface area contributed by atoms with Crippen molar-refractivity contribution >= 4 is 11.6 Å². The molecule has 0 spiro atoms. The lowest BCUT2D eigenvalue weighted by molar-refractivity contribution is 0.405. The lowest BCUT2D eigenvalue weighted by Gasteiger charge is -2.12. The van der Waals surface area contributed by atoms with Gasteiger partial charge in [-0.2, -0.15) is 0 Å². The summed E-state index contributed by atoms with van der Waals surface area (Å²) in [5, 5.41) is 3.04. The number of nitrogens with two attached hydrogens (primary N) is 1. The van der Waals surface area contributed by atoms with Gasteiger partial charge in [0.05, 0.1) is 26.5 Å². The van der Waals surface area contributed by atoms with Crippen LogP contribution in [0.5, 0.6) is 11.5 Å². The van der Waals surface area contributed by atoms with Gasteiger partial charge >= 0.3 is 0 Å². The van der Waals surface area contributed by atoms with Gasteiger partial charge in [0.25, 0.3) is 0 Å². The number of nitrogens with one attached hydrogen (secondary N) is 1. The summed E-state index contributed by atoms with van der Waals surface area (Å²) in [4.78, 5) is 4.35. The standard InChI is InChI=1S/C17H21N3O2/c1-12-5-4-6-13(9-12)11-19-17(18)20-15-10-14(21-2)7-8-16(15)22-3/h4-10H,11H2,1-3H3,(H3,18,19,20). The number of guanidine groups is 1. The van der Waals surface area contributed by atoms with Crippen molar-refractivity contribution in [3.05, 3.63) is 53.6 Å². The second-order valence-electron chi connectivity index (χ2n) is 4.88. The highest BCUT2D eigenvalue weighted by atomic mass is 16.5. The molecule has 0 heterocycles. The van der Waals surface area contributed by atoms with E-state index in [9.17, 15) is 0 Å². The Kier molecular flexibility index (Phi) is 5.25. The van der Waals surface area contributed by atoms with E-state index in [0.717, 1.165) is 11.3 Å². The highest BCUT2D eigenvalue weighted by Gasteiger charge is 2.06. The fourth-order valence-corrected chi connectivity index (χ4v) is 2.08. The minimum absolute atomic E-state index is 0.327. The summed E-state index contributed by atoms with van der Waals surface area (Å²) in [6.45, 7) is 2.57. The quantitative estimate of drug-likeness (QED) is 0.658. The topological polar surface area (TPSA) is 68.9 Å². The van der Waals surface area contributed by atoms with E-state index in [1.165, 1.54) is 5.56 Å². The van der Waals surface area contributed by atoms with Crippen LogP contribution in [0.1, 0.15) is 11.1 Å². The van der Waals surface area contributed by atoms with Gasteiger partial charge in [-0.25, -0.2) is 4.99 Å². The first-order chi connectivity index (χ1) is 10.6. The lowest BCUT2D eigenvalue weighted by Crippen LogP contribution is -2.23. The Morgan fingerprint density at radius 2 is 1.95 bits per heavy atom. The minimum Gasteiger partial charge on any atom is -0.497 e. The fraction of sp³-hybridized carbons (Fsp3) is 0.235. The molecule has 5 nitrogen and oxygen atoms in total. The fourth-order valence-electron chi connectivity index (χ4n) is 2.08. The van der Waals surface area contributed by atoms with Crippen molar-refractivity contribution in [2.24, 2.45) is 10.7 Å². The summed E-state index contributed by atoms with van der Waals surface area (Å²) in [6.07, 6.45) is 0. The van der Waals surface area contributed by atoms with Crippen LogP contribution in [0.4, 0.5) is 5.69 Å². The second-order valence-corrected chi connectivity index (χ2v) is 4.88. The summed E-state index contributed by atoms with van der Waals surface area (Å²) in [5.74, 6) is 1.72. The van der Waals surface area contributed by atoms with Gasteiger partial charge < -0.3 is 20.5 Å². The molecule has 0 aliphatic heterocycles. The van der Waals surface area contributed by atoms with Crippen LogP contribution in [0.25, 0.3) is 0 Å². The Balaban J connectivity index is 2.10. The molecular formula is C17H21N3O2. The van der Waals surface area contributed by atoms with Crippen LogP contribution < -0.4 is 20.5 Å². The van der Waals surface area contributed by atoms with Crippen LogP contribution in [-0.2, 0) is 6.54 Å². The first-order valence-corrected chi connectivity index (χ1v) is 6.97. The first-order valence-electron chi connectivity index (χ1n) is 6.97. The summed E-state index contributed by atoms with van der Waals surface area (Å²) in [6, 6.07) is 13.6. The number of hydrogen-bond acceptors (Lipinski definition) is 3. The largest absolute Gasteiger partial charge is 0.497 e. The molecule has 0 bridgehead atoms. The SMILES string of the molecule is COc1ccc(OC)c(NC(N)=NCc2cccc(C)c2)c1. The van der Waals surface area contributed by atoms with Crippen molar-refractivity contribution in [3.63, 3.8) is 0 Å². The van der Waals surface area contributed by atoms with Gasteiger partial charge in [-0.05, 0) is 24.6 Å². The van der Waals surface area contributed by atoms with E-state index in [2.05, 4.69) is 29.4 Å². The number of ether oxygens (including phenoxy) is 2. The number of benzene rings is 2. The van der Waals surface area contributed by atoms with Crippen LogP contribution in [0.2, 0.25) is 0 Å². The Labute approximate surface area is 130 Å². The van der Waals surface area contributed by atoms with E-state index < -0.39 is 0 Å². The van der Waals surface area contributed by atoms with Gasteiger partial charge in [0, 0.05) is 6.07 Å². The molecule has 0 radical (unpaired) electrons. The lowest BCUT2D eigenvalue weighted by atomic mass is 10.1. The maximum Gasteiger partial charge on any atom is 0.193 e. The maximum absolute atomic E-state index is 5.95. The highest BCUT2D eigenvalue weighted by Crippen LogP contribution is 2.28. The molecule has 5 heteroatoms. The highest BCUT2D eigenvalue weighted by molar-refractivity contribution is 5.94. The number of methoxy groups -OCH3 is 2. The first kappa shape index (κ1) is 15.7. The molecule has 2 aromatic rings. The summed E-state index contributed by atoms with van der Waals surface area (Å²) in [5.41, 5.74) is 8.98. The Bertz CT molecular complexity index is 669. The van der Waals surface area contributed by atoms with E-state index >= 15 is 0 Å². The van der Waals surface area contributed by atoms with Gasteiger partial charge in [-0.1, -0.05) is 29.8 Å². The molecule has 2 aromatic carbocycles. The third-order valence-corrected chi connectivity index (χ3v) is 3.18. The van der Waals surface area contributed by atoms with Crippen LogP contribution >= 0.6 is 0 Å². The molecule has 0 aromatic heterocycles.